The molecule has 6 heteroatoms. The predicted molar refractivity (Wildman–Crippen MR) is 77.9 cm³/mol. The number of oxime groups is 1. The van der Waals surface area contributed by atoms with Crippen LogP contribution in [0, 0.1) is 0 Å². The summed E-state index contributed by atoms with van der Waals surface area (Å²) in [6.07, 6.45) is 2.24. The van der Waals surface area contributed by atoms with Gasteiger partial charge in [0.15, 0.2) is 5.76 Å². The van der Waals surface area contributed by atoms with Gasteiger partial charge in [-0.05, 0) is 31.2 Å². The zero-order valence-corrected chi connectivity index (χ0v) is 12.0. The Labute approximate surface area is 122 Å². The molecule has 2 aromatic rings. The molecule has 102 valence electrons. The Kier molecular flexibility index (Phi) is 4.04. The van der Waals surface area contributed by atoms with E-state index in [-0.39, 0.29) is 12.4 Å². The Morgan fingerprint density at radius 2 is 2.21 bits per heavy atom. The first-order valence-corrected chi connectivity index (χ1v) is 6.17. The average Bonchev–Trinajstić information content (AvgIpc) is 2.56. The zero-order chi connectivity index (χ0) is 12.7. The van der Waals surface area contributed by atoms with Crippen LogP contribution in [0.3, 0.4) is 0 Å². The number of nitrogens with zero attached hydrogens (tertiary/aromatic N) is 2. The Hall–Kier alpha value is -1.23. The van der Waals surface area contributed by atoms with Crippen molar-refractivity contribution in [1.29, 1.82) is 0 Å². The Balaban J connectivity index is 0.00000133. The largest absolute Gasteiger partial charge is 0.455 e. The summed E-state index contributed by atoms with van der Waals surface area (Å²) in [5, 5.41) is 13.6. The molecular formula is C13H14Cl2N2O2. The Morgan fingerprint density at radius 1 is 1.42 bits per heavy atom. The number of likely N-dealkylation sites (N-methyl/N-ethyl adjacent to an activating group) is 1. The number of benzene rings is 1. The van der Waals surface area contributed by atoms with Crippen LogP contribution in [0.4, 0.5) is 0 Å². The van der Waals surface area contributed by atoms with Crippen molar-refractivity contribution in [2.24, 2.45) is 5.16 Å². The van der Waals surface area contributed by atoms with E-state index in [1.807, 2.05) is 12.1 Å². The summed E-state index contributed by atoms with van der Waals surface area (Å²) < 4.78 is 5.72. The summed E-state index contributed by atoms with van der Waals surface area (Å²) in [6, 6.07) is 3.72. The van der Waals surface area contributed by atoms with Crippen LogP contribution < -0.4 is 0 Å². The van der Waals surface area contributed by atoms with Crippen LogP contribution in [-0.4, -0.2) is 29.9 Å². The van der Waals surface area contributed by atoms with Gasteiger partial charge in [-0.1, -0.05) is 16.8 Å². The van der Waals surface area contributed by atoms with E-state index in [4.69, 9.17) is 21.2 Å². The second-order valence-electron chi connectivity index (χ2n) is 4.58. The van der Waals surface area contributed by atoms with Crippen molar-refractivity contribution in [2.75, 3.05) is 13.6 Å². The van der Waals surface area contributed by atoms with Crippen molar-refractivity contribution in [2.45, 2.75) is 13.0 Å². The molecule has 0 saturated heterocycles. The van der Waals surface area contributed by atoms with E-state index in [0.717, 1.165) is 46.6 Å². The second kappa shape index (κ2) is 5.41. The number of hydrogen-bond donors (Lipinski definition) is 1. The molecule has 2 heterocycles. The van der Waals surface area contributed by atoms with Gasteiger partial charge in [-0.2, -0.15) is 0 Å². The Morgan fingerprint density at radius 3 is 2.95 bits per heavy atom. The smallest absolute Gasteiger partial charge is 0.154 e. The number of hydrogen-bond acceptors (Lipinski definition) is 4. The van der Waals surface area contributed by atoms with E-state index in [0.29, 0.717) is 5.76 Å². The van der Waals surface area contributed by atoms with E-state index in [9.17, 15) is 0 Å². The van der Waals surface area contributed by atoms with Crippen LogP contribution in [0.25, 0.3) is 11.0 Å². The van der Waals surface area contributed by atoms with Crippen LogP contribution in [0.1, 0.15) is 16.9 Å². The van der Waals surface area contributed by atoms with Gasteiger partial charge in [0.1, 0.15) is 11.8 Å². The van der Waals surface area contributed by atoms with Gasteiger partial charge >= 0.3 is 0 Å². The fraction of sp³-hybridized carbons (Fsp3) is 0.308. The van der Waals surface area contributed by atoms with Crippen molar-refractivity contribution in [3.63, 3.8) is 0 Å². The lowest BCUT2D eigenvalue weighted by atomic mass is 10.0. The molecule has 0 spiro atoms. The lowest BCUT2D eigenvalue weighted by molar-refractivity contribution is 0.319. The topological polar surface area (TPSA) is 49.0 Å². The first-order chi connectivity index (χ1) is 8.70. The highest BCUT2D eigenvalue weighted by Crippen LogP contribution is 2.35. The van der Waals surface area contributed by atoms with Crippen molar-refractivity contribution in [3.8, 4) is 0 Å². The van der Waals surface area contributed by atoms with Gasteiger partial charge in [0.05, 0.1) is 0 Å². The maximum atomic E-state index is 8.71. The van der Waals surface area contributed by atoms with Crippen LogP contribution >= 0.6 is 24.0 Å². The van der Waals surface area contributed by atoms with E-state index < -0.39 is 0 Å². The normalized spacial score (nSPS) is 15.7. The summed E-state index contributed by atoms with van der Waals surface area (Å²) >= 11 is 6.27. The van der Waals surface area contributed by atoms with Gasteiger partial charge in [-0.15, -0.1) is 12.4 Å². The highest BCUT2D eigenvalue weighted by molar-refractivity contribution is 6.32. The third-order valence-corrected chi connectivity index (χ3v) is 3.74. The molecule has 3 rings (SSSR count). The fourth-order valence-corrected chi connectivity index (χ4v) is 2.78. The highest BCUT2D eigenvalue weighted by atomic mass is 35.5. The van der Waals surface area contributed by atoms with Gasteiger partial charge in [0, 0.05) is 29.1 Å². The third kappa shape index (κ3) is 2.31. The molecule has 1 aliphatic heterocycles. The summed E-state index contributed by atoms with van der Waals surface area (Å²) in [7, 11) is 2.05. The van der Waals surface area contributed by atoms with Gasteiger partial charge in [-0.25, -0.2) is 0 Å². The summed E-state index contributed by atoms with van der Waals surface area (Å²) in [6.45, 7) is 1.71. The fourth-order valence-electron chi connectivity index (χ4n) is 2.53. The predicted octanol–water partition coefficient (Wildman–Crippen LogP) is 3.30. The number of furan rings is 1. The lowest BCUT2D eigenvalue weighted by Gasteiger charge is -2.12. The van der Waals surface area contributed by atoms with Gasteiger partial charge in [-0.3, -0.25) is 0 Å². The number of halogens is 2. The molecule has 1 aliphatic rings. The first kappa shape index (κ1) is 14.2. The van der Waals surface area contributed by atoms with Crippen LogP contribution in [0.15, 0.2) is 21.7 Å². The van der Waals surface area contributed by atoms with Crippen molar-refractivity contribution in [1.82, 2.24) is 4.90 Å². The lowest BCUT2D eigenvalue weighted by Crippen LogP contribution is -2.19. The van der Waals surface area contributed by atoms with E-state index in [2.05, 4.69) is 17.1 Å². The molecule has 0 radical (unpaired) electrons. The van der Waals surface area contributed by atoms with Crippen LogP contribution in [0.2, 0.25) is 5.02 Å². The molecule has 1 aromatic heterocycles. The van der Waals surface area contributed by atoms with Crippen molar-refractivity contribution < 1.29 is 9.62 Å². The second-order valence-corrected chi connectivity index (χ2v) is 4.98. The van der Waals surface area contributed by atoms with E-state index in [1.54, 1.807) is 0 Å². The molecular weight excluding hydrogens is 287 g/mol. The maximum Gasteiger partial charge on any atom is 0.154 e. The summed E-state index contributed by atoms with van der Waals surface area (Å²) in [4.78, 5) is 2.20. The highest BCUT2D eigenvalue weighted by Gasteiger charge is 2.22. The van der Waals surface area contributed by atoms with Crippen LogP contribution in [-0.2, 0) is 13.0 Å². The van der Waals surface area contributed by atoms with Crippen LogP contribution in [0.5, 0.6) is 0 Å². The molecule has 0 saturated carbocycles. The van der Waals surface area contributed by atoms with Gasteiger partial charge in [0.25, 0.3) is 0 Å². The minimum Gasteiger partial charge on any atom is -0.455 e. The van der Waals surface area contributed by atoms with E-state index >= 15 is 0 Å². The van der Waals surface area contributed by atoms with Crippen molar-refractivity contribution >= 4 is 41.2 Å². The monoisotopic (exact) mass is 300 g/mol. The SMILES string of the molecule is CN1CCc2c(Cl)ccc3oc(/C=N/O)c(c23)C1.Cl. The molecule has 0 aliphatic carbocycles. The standard InChI is InChI=1S/C13H13ClN2O2.ClH/c1-16-5-4-8-10(14)2-3-11-13(8)9(7-16)12(18-11)6-15-17;/h2-3,6,17H,4-5,7H2,1H3;1H/b15-6+;. The average molecular weight is 301 g/mol. The molecule has 0 fully saturated rings. The molecule has 0 amide bonds. The molecule has 1 aromatic carbocycles. The van der Waals surface area contributed by atoms with E-state index in [1.165, 1.54) is 6.21 Å². The molecule has 19 heavy (non-hydrogen) atoms. The Bertz CT molecular complexity index is 637. The minimum atomic E-state index is 0. The molecule has 1 N–H and O–H groups in total. The van der Waals surface area contributed by atoms with Gasteiger partial charge < -0.3 is 14.5 Å². The zero-order valence-electron chi connectivity index (χ0n) is 10.4. The first-order valence-electron chi connectivity index (χ1n) is 5.79. The maximum absolute atomic E-state index is 8.71. The summed E-state index contributed by atoms with van der Waals surface area (Å²) in [5.41, 5.74) is 2.96. The minimum absolute atomic E-state index is 0. The molecule has 0 unspecified atom stereocenters. The number of rotatable bonds is 1. The molecule has 0 bridgehead atoms. The molecule has 4 nitrogen and oxygen atoms in total. The third-order valence-electron chi connectivity index (χ3n) is 3.38. The molecule has 0 atom stereocenters. The van der Waals surface area contributed by atoms with Crippen molar-refractivity contribution in [3.05, 3.63) is 34.0 Å². The summed E-state index contributed by atoms with van der Waals surface area (Å²) in [5.74, 6) is 0.602. The van der Waals surface area contributed by atoms with Gasteiger partial charge in [0.2, 0.25) is 0 Å². The quantitative estimate of drug-likeness (QED) is 0.499.